The van der Waals surface area contributed by atoms with Gasteiger partial charge in [0.15, 0.2) is 0 Å². The van der Waals surface area contributed by atoms with Crippen molar-refractivity contribution in [1.82, 2.24) is 15.1 Å². The quantitative estimate of drug-likeness (QED) is 0.496. The molecule has 2 aromatic rings. The van der Waals surface area contributed by atoms with Gasteiger partial charge in [-0.05, 0) is 47.7 Å². The van der Waals surface area contributed by atoms with E-state index in [9.17, 15) is 28.4 Å². The van der Waals surface area contributed by atoms with Crippen molar-refractivity contribution in [1.29, 1.82) is 0 Å². The molecule has 0 aromatic heterocycles. The highest BCUT2D eigenvalue weighted by Crippen LogP contribution is 2.31. The summed E-state index contributed by atoms with van der Waals surface area (Å²) in [4.78, 5) is 63.7. The first-order chi connectivity index (χ1) is 15.8. The third-order valence-corrected chi connectivity index (χ3v) is 6.05. The molecule has 2 aromatic carbocycles. The molecule has 2 aliphatic rings. The molecule has 2 heterocycles. The molecule has 5 amide bonds. The van der Waals surface area contributed by atoms with Gasteiger partial charge in [-0.15, -0.1) is 0 Å². The molecule has 10 heteroatoms. The number of carbonyl (C=O) groups excluding carboxylic acids is 5. The van der Waals surface area contributed by atoms with Crippen LogP contribution in [0.4, 0.5) is 9.18 Å². The minimum atomic E-state index is -0.491. The summed E-state index contributed by atoms with van der Waals surface area (Å²) in [6.07, 6.45) is 1.41. The maximum atomic E-state index is 13.0. The van der Waals surface area contributed by atoms with Crippen LogP contribution in [0.5, 0.6) is 0 Å². The second-order valence-electron chi connectivity index (χ2n) is 7.29. The second-order valence-corrected chi connectivity index (χ2v) is 8.29. The zero-order valence-corrected chi connectivity index (χ0v) is 18.1. The molecule has 1 N–H and O–H groups in total. The molecule has 0 saturated carbocycles. The van der Waals surface area contributed by atoms with Crippen molar-refractivity contribution >= 4 is 46.7 Å². The number of halogens is 1. The predicted octanol–water partition coefficient (Wildman–Crippen LogP) is 2.66. The van der Waals surface area contributed by atoms with Crippen molar-refractivity contribution in [2.75, 3.05) is 19.6 Å². The van der Waals surface area contributed by atoms with Gasteiger partial charge >= 0.3 is 0 Å². The van der Waals surface area contributed by atoms with E-state index >= 15 is 0 Å². The Hall–Kier alpha value is -3.79. The number of thioether (sulfide) groups is 1. The van der Waals surface area contributed by atoms with Gasteiger partial charge in [-0.25, -0.2) is 4.39 Å². The zero-order valence-electron chi connectivity index (χ0n) is 17.2. The number of rotatable bonds is 7. The van der Waals surface area contributed by atoms with Crippen molar-refractivity contribution in [2.24, 2.45) is 0 Å². The largest absolute Gasteiger partial charge is 0.354 e. The summed E-state index contributed by atoms with van der Waals surface area (Å²) in [5.41, 5.74) is 1.22. The van der Waals surface area contributed by atoms with Crippen molar-refractivity contribution < 1.29 is 28.4 Å². The molecule has 168 valence electrons. The molecule has 1 fully saturated rings. The van der Waals surface area contributed by atoms with Gasteiger partial charge in [0.25, 0.3) is 23.0 Å². The number of imide groups is 2. The fraction of sp³-hybridized carbons (Fsp3) is 0.174. The highest BCUT2D eigenvalue weighted by atomic mass is 32.2. The van der Waals surface area contributed by atoms with E-state index < -0.39 is 34.7 Å². The minimum absolute atomic E-state index is 0.0236. The SMILES string of the molecule is O=C(CCN1C(=O)c2ccccc2C1=O)NCCN1C(=O)S/C(=C\c2ccc(F)cc2)C1=O. The molecular formula is C23H18FN3O5S. The maximum absolute atomic E-state index is 13.0. The number of carbonyl (C=O) groups is 5. The topological polar surface area (TPSA) is 104 Å². The summed E-state index contributed by atoms with van der Waals surface area (Å²) < 4.78 is 13.0. The van der Waals surface area contributed by atoms with Crippen molar-refractivity contribution in [2.45, 2.75) is 6.42 Å². The summed E-state index contributed by atoms with van der Waals surface area (Å²) >= 11 is 0.772. The van der Waals surface area contributed by atoms with Gasteiger partial charge in [0.1, 0.15) is 5.82 Å². The van der Waals surface area contributed by atoms with Crippen LogP contribution in [0, 0.1) is 5.82 Å². The van der Waals surface area contributed by atoms with E-state index in [1.54, 1.807) is 24.3 Å². The first-order valence-corrected chi connectivity index (χ1v) is 10.9. The number of fused-ring (bicyclic) bond motifs is 1. The number of hydrogen-bond donors (Lipinski definition) is 1. The lowest BCUT2D eigenvalue weighted by Gasteiger charge is -2.15. The van der Waals surface area contributed by atoms with E-state index in [0.717, 1.165) is 21.6 Å². The summed E-state index contributed by atoms with van der Waals surface area (Å²) in [5.74, 6) is -2.18. The lowest BCUT2D eigenvalue weighted by Crippen LogP contribution is -2.39. The van der Waals surface area contributed by atoms with Crippen LogP contribution in [0.3, 0.4) is 0 Å². The van der Waals surface area contributed by atoms with E-state index in [2.05, 4.69) is 5.32 Å². The summed E-state index contributed by atoms with van der Waals surface area (Å²) in [6.45, 7) is -0.0623. The standard InChI is InChI=1S/C23H18FN3O5S/c24-15-7-5-14(6-8-15)13-18-22(31)27(23(32)33-18)12-10-25-19(28)9-11-26-20(29)16-3-1-2-4-17(16)21(26)30/h1-8,13H,9-12H2,(H,25,28)/b18-13-. The molecule has 0 aliphatic carbocycles. The Morgan fingerprint density at radius 2 is 1.52 bits per heavy atom. The first kappa shape index (κ1) is 22.4. The Bertz CT molecular complexity index is 1160. The number of amides is 5. The summed E-state index contributed by atoms with van der Waals surface area (Å²) in [7, 11) is 0. The van der Waals surface area contributed by atoms with E-state index in [-0.39, 0.29) is 31.0 Å². The third-order valence-electron chi connectivity index (χ3n) is 5.14. The van der Waals surface area contributed by atoms with Crippen LogP contribution in [0.2, 0.25) is 0 Å². The molecule has 33 heavy (non-hydrogen) atoms. The fourth-order valence-electron chi connectivity index (χ4n) is 3.45. The van der Waals surface area contributed by atoms with Crippen LogP contribution >= 0.6 is 11.8 Å². The number of hydrogen-bond acceptors (Lipinski definition) is 6. The lowest BCUT2D eigenvalue weighted by atomic mass is 10.1. The Balaban J connectivity index is 1.25. The average Bonchev–Trinajstić information content (AvgIpc) is 3.21. The maximum Gasteiger partial charge on any atom is 0.293 e. The van der Waals surface area contributed by atoms with Gasteiger partial charge in [-0.1, -0.05) is 24.3 Å². The molecule has 2 aliphatic heterocycles. The van der Waals surface area contributed by atoms with Crippen LogP contribution < -0.4 is 5.32 Å². The number of benzene rings is 2. The van der Waals surface area contributed by atoms with Crippen LogP contribution in [-0.2, 0) is 9.59 Å². The van der Waals surface area contributed by atoms with Crippen LogP contribution in [0.15, 0.2) is 53.4 Å². The fourth-order valence-corrected chi connectivity index (χ4v) is 4.32. The van der Waals surface area contributed by atoms with E-state index in [4.69, 9.17) is 0 Å². The van der Waals surface area contributed by atoms with Gasteiger partial charge in [0.05, 0.1) is 16.0 Å². The molecule has 0 radical (unpaired) electrons. The van der Waals surface area contributed by atoms with Crippen molar-refractivity contribution in [3.8, 4) is 0 Å². The van der Waals surface area contributed by atoms with E-state index in [1.165, 1.54) is 30.3 Å². The minimum Gasteiger partial charge on any atom is -0.354 e. The number of nitrogens with one attached hydrogen (secondary N) is 1. The molecule has 0 unspecified atom stereocenters. The Morgan fingerprint density at radius 1 is 0.879 bits per heavy atom. The predicted molar refractivity (Wildman–Crippen MR) is 119 cm³/mol. The second kappa shape index (κ2) is 9.37. The third kappa shape index (κ3) is 4.70. The molecule has 8 nitrogen and oxygen atoms in total. The van der Waals surface area contributed by atoms with Crippen molar-refractivity contribution in [3.63, 3.8) is 0 Å². The molecule has 1 saturated heterocycles. The Labute approximate surface area is 192 Å². The van der Waals surface area contributed by atoms with Crippen molar-refractivity contribution in [3.05, 3.63) is 75.9 Å². The van der Waals surface area contributed by atoms with Crippen LogP contribution in [0.1, 0.15) is 32.7 Å². The van der Waals surface area contributed by atoms with Gasteiger partial charge in [0.2, 0.25) is 5.91 Å². The van der Waals surface area contributed by atoms with Crippen LogP contribution in [0.25, 0.3) is 6.08 Å². The first-order valence-electron chi connectivity index (χ1n) is 10.1. The van der Waals surface area contributed by atoms with Gasteiger partial charge in [-0.2, -0.15) is 0 Å². The zero-order chi connectivity index (χ0) is 23.5. The normalized spacial score (nSPS) is 16.7. The highest BCUT2D eigenvalue weighted by molar-refractivity contribution is 8.18. The molecular weight excluding hydrogens is 449 g/mol. The summed E-state index contributed by atoms with van der Waals surface area (Å²) in [6, 6.07) is 12.0. The lowest BCUT2D eigenvalue weighted by molar-refractivity contribution is -0.124. The molecule has 0 bridgehead atoms. The van der Waals surface area contributed by atoms with Gasteiger partial charge in [-0.3, -0.25) is 33.8 Å². The smallest absolute Gasteiger partial charge is 0.293 e. The monoisotopic (exact) mass is 467 g/mol. The van der Waals surface area contributed by atoms with Gasteiger partial charge in [0, 0.05) is 26.1 Å². The molecule has 0 spiro atoms. The van der Waals surface area contributed by atoms with E-state index in [1.807, 2.05) is 0 Å². The highest BCUT2D eigenvalue weighted by Gasteiger charge is 2.36. The Morgan fingerprint density at radius 3 is 2.15 bits per heavy atom. The van der Waals surface area contributed by atoms with E-state index in [0.29, 0.717) is 16.7 Å². The summed E-state index contributed by atoms with van der Waals surface area (Å²) in [5, 5.41) is 2.13. The molecule has 4 rings (SSSR count). The van der Waals surface area contributed by atoms with Crippen LogP contribution in [-0.4, -0.2) is 58.3 Å². The molecule has 0 atom stereocenters. The number of nitrogens with zero attached hydrogens (tertiary/aromatic N) is 2. The average molecular weight is 467 g/mol. The van der Waals surface area contributed by atoms with Gasteiger partial charge < -0.3 is 5.32 Å². The Kier molecular flexibility index (Phi) is 6.36.